The van der Waals surface area contributed by atoms with Gasteiger partial charge in [0, 0.05) is 0 Å². The third-order valence-electron chi connectivity index (χ3n) is 1.39. The molecule has 0 spiro atoms. The van der Waals surface area contributed by atoms with Crippen molar-refractivity contribution in [1.29, 1.82) is 0 Å². The molecule has 0 saturated heterocycles. The molecule has 9 heteroatoms. The Balaban J connectivity index is 2.44. The van der Waals surface area contributed by atoms with Crippen LogP contribution in [0.1, 0.15) is 10.6 Å². The maximum atomic E-state index is 11.7. The van der Waals surface area contributed by atoms with Crippen LogP contribution in [0.25, 0.3) is 0 Å². The molecular weight excluding hydrogens is 231 g/mol. The standard InChI is InChI=1S/C7H8F3N3O3/c1-15-6(14)5-11-3-13(12-5)4-16-2-7(8,9)10/h3H,2,4H2,1H3. The van der Waals surface area contributed by atoms with E-state index in [1.165, 1.54) is 0 Å². The van der Waals surface area contributed by atoms with Crippen LogP contribution in [0.3, 0.4) is 0 Å². The first kappa shape index (κ1) is 12.4. The van der Waals surface area contributed by atoms with Gasteiger partial charge in [0.05, 0.1) is 7.11 Å². The maximum Gasteiger partial charge on any atom is 0.411 e. The van der Waals surface area contributed by atoms with E-state index in [-0.39, 0.29) is 5.82 Å². The monoisotopic (exact) mass is 239 g/mol. The van der Waals surface area contributed by atoms with Crippen molar-refractivity contribution in [2.45, 2.75) is 12.9 Å². The summed E-state index contributed by atoms with van der Waals surface area (Å²) in [6, 6.07) is 0. The predicted molar refractivity (Wildman–Crippen MR) is 43.4 cm³/mol. The van der Waals surface area contributed by atoms with Crippen molar-refractivity contribution in [3.8, 4) is 0 Å². The molecule has 1 heterocycles. The van der Waals surface area contributed by atoms with Crippen molar-refractivity contribution >= 4 is 5.97 Å². The number of aromatic nitrogens is 3. The number of alkyl halides is 3. The van der Waals surface area contributed by atoms with Crippen molar-refractivity contribution in [2.24, 2.45) is 0 Å². The van der Waals surface area contributed by atoms with Gasteiger partial charge in [-0.1, -0.05) is 0 Å². The van der Waals surface area contributed by atoms with Crippen LogP contribution >= 0.6 is 0 Å². The Kier molecular flexibility index (Phi) is 3.82. The van der Waals surface area contributed by atoms with E-state index in [4.69, 9.17) is 0 Å². The zero-order valence-corrected chi connectivity index (χ0v) is 8.19. The van der Waals surface area contributed by atoms with Crippen molar-refractivity contribution in [3.05, 3.63) is 12.2 Å². The van der Waals surface area contributed by atoms with E-state index >= 15 is 0 Å². The lowest BCUT2D eigenvalue weighted by molar-refractivity contribution is -0.182. The Morgan fingerprint density at radius 3 is 2.81 bits per heavy atom. The maximum absolute atomic E-state index is 11.7. The van der Waals surface area contributed by atoms with Gasteiger partial charge in [0.2, 0.25) is 0 Å². The lowest BCUT2D eigenvalue weighted by Gasteiger charge is -2.06. The minimum absolute atomic E-state index is 0.238. The van der Waals surface area contributed by atoms with Crippen LogP contribution in [0.15, 0.2) is 6.33 Å². The number of rotatable bonds is 4. The number of halogens is 3. The molecule has 0 aliphatic heterocycles. The first-order valence-corrected chi connectivity index (χ1v) is 4.04. The van der Waals surface area contributed by atoms with E-state index in [0.717, 1.165) is 18.1 Å². The predicted octanol–water partition coefficient (Wildman–Crippen LogP) is 0.601. The zero-order valence-electron chi connectivity index (χ0n) is 8.19. The van der Waals surface area contributed by atoms with Gasteiger partial charge in [-0.2, -0.15) is 13.2 Å². The molecule has 1 aromatic heterocycles. The molecule has 0 bridgehead atoms. The van der Waals surface area contributed by atoms with Gasteiger partial charge in [-0.15, -0.1) is 5.10 Å². The highest BCUT2D eigenvalue weighted by atomic mass is 19.4. The lowest BCUT2D eigenvalue weighted by Crippen LogP contribution is -2.18. The fourth-order valence-corrected chi connectivity index (χ4v) is 0.797. The van der Waals surface area contributed by atoms with Crippen LogP contribution in [-0.4, -0.2) is 40.6 Å². The number of nitrogens with zero attached hydrogens (tertiary/aromatic N) is 3. The van der Waals surface area contributed by atoms with Gasteiger partial charge in [0.1, 0.15) is 19.7 Å². The average Bonchev–Trinajstić information content (AvgIpc) is 2.63. The summed E-state index contributed by atoms with van der Waals surface area (Å²) in [7, 11) is 1.14. The molecule has 1 aromatic rings. The summed E-state index contributed by atoms with van der Waals surface area (Å²) >= 11 is 0. The smallest absolute Gasteiger partial charge is 0.411 e. The van der Waals surface area contributed by atoms with E-state index < -0.39 is 25.5 Å². The van der Waals surface area contributed by atoms with Gasteiger partial charge >= 0.3 is 12.1 Å². The minimum Gasteiger partial charge on any atom is -0.463 e. The molecule has 0 aliphatic rings. The van der Waals surface area contributed by atoms with E-state index in [9.17, 15) is 18.0 Å². The minimum atomic E-state index is -4.40. The largest absolute Gasteiger partial charge is 0.463 e. The van der Waals surface area contributed by atoms with Crippen LogP contribution in [0, 0.1) is 0 Å². The first-order chi connectivity index (χ1) is 7.42. The summed E-state index contributed by atoms with van der Waals surface area (Å²) in [5.41, 5.74) is 0. The summed E-state index contributed by atoms with van der Waals surface area (Å²) in [4.78, 5) is 14.4. The number of methoxy groups -OCH3 is 1. The number of carbonyl (C=O) groups excluding carboxylic acids is 1. The van der Waals surface area contributed by atoms with E-state index in [2.05, 4.69) is 19.6 Å². The van der Waals surface area contributed by atoms with Crippen molar-refractivity contribution in [2.75, 3.05) is 13.7 Å². The van der Waals surface area contributed by atoms with Gasteiger partial charge in [-0.3, -0.25) is 0 Å². The normalized spacial score (nSPS) is 11.5. The van der Waals surface area contributed by atoms with Crippen LogP contribution in [0.4, 0.5) is 13.2 Å². The molecule has 0 amide bonds. The highest BCUT2D eigenvalue weighted by Gasteiger charge is 2.27. The average molecular weight is 239 g/mol. The van der Waals surface area contributed by atoms with E-state index in [0.29, 0.717) is 0 Å². The number of hydrogen-bond acceptors (Lipinski definition) is 5. The SMILES string of the molecule is COC(=O)c1ncn(COCC(F)(F)F)n1. The Bertz CT molecular complexity index is 363. The van der Waals surface area contributed by atoms with E-state index in [1.54, 1.807) is 0 Å². The molecular formula is C7H8F3N3O3. The molecule has 6 nitrogen and oxygen atoms in total. The second-order valence-electron chi connectivity index (χ2n) is 2.69. The molecule has 0 radical (unpaired) electrons. The van der Waals surface area contributed by atoms with Crippen LogP contribution in [0.5, 0.6) is 0 Å². The zero-order chi connectivity index (χ0) is 12.2. The fourth-order valence-electron chi connectivity index (χ4n) is 0.797. The Morgan fingerprint density at radius 1 is 1.56 bits per heavy atom. The van der Waals surface area contributed by atoms with Gasteiger partial charge in [0.25, 0.3) is 5.82 Å². The van der Waals surface area contributed by atoms with Crippen molar-refractivity contribution in [3.63, 3.8) is 0 Å². The molecule has 0 unspecified atom stereocenters. The third kappa shape index (κ3) is 3.85. The number of ether oxygens (including phenoxy) is 2. The summed E-state index contributed by atoms with van der Waals surface area (Å²) < 4.78 is 44.7. The van der Waals surface area contributed by atoms with Gasteiger partial charge < -0.3 is 9.47 Å². The second-order valence-corrected chi connectivity index (χ2v) is 2.69. The topological polar surface area (TPSA) is 66.2 Å². The van der Waals surface area contributed by atoms with Crippen molar-refractivity contribution < 1.29 is 27.4 Å². The Morgan fingerprint density at radius 2 is 2.25 bits per heavy atom. The second kappa shape index (κ2) is 4.92. The Labute approximate surface area is 88.0 Å². The van der Waals surface area contributed by atoms with Crippen LogP contribution in [-0.2, 0) is 16.2 Å². The highest BCUT2D eigenvalue weighted by Crippen LogP contribution is 2.14. The fraction of sp³-hybridized carbons (Fsp3) is 0.571. The first-order valence-electron chi connectivity index (χ1n) is 4.04. The molecule has 1 rings (SSSR count). The lowest BCUT2D eigenvalue weighted by atomic mass is 10.6. The number of esters is 1. The van der Waals surface area contributed by atoms with Crippen molar-refractivity contribution in [1.82, 2.24) is 14.8 Å². The molecule has 90 valence electrons. The van der Waals surface area contributed by atoms with Gasteiger partial charge in [-0.25, -0.2) is 14.5 Å². The van der Waals surface area contributed by atoms with Crippen LogP contribution in [0.2, 0.25) is 0 Å². The summed E-state index contributed by atoms with van der Waals surface area (Å²) in [5, 5.41) is 3.54. The third-order valence-corrected chi connectivity index (χ3v) is 1.39. The molecule has 0 fully saturated rings. The van der Waals surface area contributed by atoms with Gasteiger partial charge in [-0.05, 0) is 0 Å². The molecule has 0 N–H and O–H groups in total. The molecule has 0 aliphatic carbocycles. The summed E-state index contributed by atoms with van der Waals surface area (Å²) in [5.74, 6) is -1.01. The van der Waals surface area contributed by atoms with E-state index in [1.807, 2.05) is 0 Å². The van der Waals surface area contributed by atoms with Gasteiger partial charge in [0.15, 0.2) is 0 Å². The molecule has 0 saturated carbocycles. The molecule has 0 atom stereocenters. The van der Waals surface area contributed by atoms with Crippen LogP contribution < -0.4 is 0 Å². The highest BCUT2D eigenvalue weighted by molar-refractivity contribution is 5.84. The Hall–Kier alpha value is -1.64. The summed E-state index contributed by atoms with van der Waals surface area (Å²) in [6.45, 7) is -1.83. The molecule has 0 aromatic carbocycles. The quantitative estimate of drug-likeness (QED) is 0.720. The summed E-state index contributed by atoms with van der Waals surface area (Å²) in [6.07, 6.45) is -3.33. The number of carbonyl (C=O) groups is 1. The molecule has 16 heavy (non-hydrogen) atoms. The number of hydrogen-bond donors (Lipinski definition) is 0.